The zero-order valence-electron chi connectivity index (χ0n) is 12.5. The summed E-state index contributed by atoms with van der Waals surface area (Å²) in [6.07, 6.45) is 0.751. The molecule has 21 heavy (non-hydrogen) atoms. The fourth-order valence-corrected chi connectivity index (χ4v) is 2.75. The second kappa shape index (κ2) is 6.96. The zero-order valence-corrected chi connectivity index (χ0v) is 14.1. The van der Waals surface area contributed by atoms with Crippen LogP contribution in [0.25, 0.3) is 0 Å². The molecule has 0 fully saturated rings. The minimum Gasteiger partial charge on any atom is -0.496 e. The van der Waals surface area contributed by atoms with Crippen molar-refractivity contribution in [2.24, 2.45) is 5.73 Å². The molecule has 112 valence electrons. The van der Waals surface area contributed by atoms with Crippen molar-refractivity contribution in [3.05, 3.63) is 57.6 Å². The monoisotopic (exact) mass is 349 g/mol. The third-order valence-electron chi connectivity index (χ3n) is 3.48. The molecule has 2 aromatic rings. The Morgan fingerprint density at radius 2 is 1.67 bits per heavy atom. The average molecular weight is 350 g/mol. The molecule has 4 heteroatoms. The maximum Gasteiger partial charge on any atom is 0.133 e. The molecule has 0 aliphatic carbocycles. The predicted octanol–water partition coefficient (Wildman–Crippen LogP) is 4.02. The van der Waals surface area contributed by atoms with Crippen LogP contribution in [-0.2, 0) is 6.42 Å². The number of ether oxygens (including phenoxy) is 2. The molecular formula is C17H20BrNO2. The van der Waals surface area contributed by atoms with Crippen molar-refractivity contribution < 1.29 is 9.47 Å². The van der Waals surface area contributed by atoms with Gasteiger partial charge in [-0.15, -0.1) is 0 Å². The lowest BCUT2D eigenvalue weighted by Crippen LogP contribution is -2.14. The van der Waals surface area contributed by atoms with Crippen molar-refractivity contribution in [2.45, 2.75) is 19.4 Å². The summed E-state index contributed by atoms with van der Waals surface area (Å²) in [5.41, 5.74) is 9.76. The minimum absolute atomic E-state index is 0.148. The van der Waals surface area contributed by atoms with Crippen LogP contribution in [0.15, 0.2) is 40.9 Å². The van der Waals surface area contributed by atoms with Crippen LogP contribution in [0, 0.1) is 6.92 Å². The maximum atomic E-state index is 6.36. The van der Waals surface area contributed by atoms with Crippen molar-refractivity contribution in [2.75, 3.05) is 14.2 Å². The van der Waals surface area contributed by atoms with Crippen molar-refractivity contribution in [3.63, 3.8) is 0 Å². The molecule has 0 radical (unpaired) electrons. The van der Waals surface area contributed by atoms with Gasteiger partial charge in [0.15, 0.2) is 0 Å². The number of methoxy groups -OCH3 is 2. The van der Waals surface area contributed by atoms with E-state index in [0.717, 1.165) is 28.0 Å². The highest BCUT2D eigenvalue weighted by molar-refractivity contribution is 9.10. The van der Waals surface area contributed by atoms with Crippen molar-refractivity contribution in [3.8, 4) is 11.5 Å². The van der Waals surface area contributed by atoms with Crippen LogP contribution in [0.2, 0.25) is 0 Å². The van der Waals surface area contributed by atoms with Gasteiger partial charge in [0.1, 0.15) is 11.5 Å². The molecule has 0 aliphatic heterocycles. The summed E-state index contributed by atoms with van der Waals surface area (Å²) in [7, 11) is 3.29. The van der Waals surface area contributed by atoms with E-state index in [-0.39, 0.29) is 6.04 Å². The van der Waals surface area contributed by atoms with Gasteiger partial charge in [0.25, 0.3) is 0 Å². The Kier molecular flexibility index (Phi) is 5.26. The largest absolute Gasteiger partial charge is 0.496 e. The first-order chi connectivity index (χ1) is 10.0. The van der Waals surface area contributed by atoms with Crippen LogP contribution < -0.4 is 15.2 Å². The first kappa shape index (κ1) is 15.9. The van der Waals surface area contributed by atoms with Gasteiger partial charge < -0.3 is 15.2 Å². The minimum atomic E-state index is -0.148. The van der Waals surface area contributed by atoms with Crippen molar-refractivity contribution in [1.82, 2.24) is 0 Å². The molecule has 0 saturated carbocycles. The predicted molar refractivity (Wildman–Crippen MR) is 89.1 cm³/mol. The Hall–Kier alpha value is -1.52. The first-order valence-electron chi connectivity index (χ1n) is 6.77. The fraction of sp³-hybridized carbons (Fsp3) is 0.294. The van der Waals surface area contributed by atoms with E-state index in [0.29, 0.717) is 0 Å². The molecule has 0 aromatic heterocycles. The number of hydrogen-bond donors (Lipinski definition) is 1. The summed E-state index contributed by atoms with van der Waals surface area (Å²) in [5.74, 6) is 1.52. The Labute approximate surface area is 134 Å². The molecule has 0 heterocycles. The van der Waals surface area contributed by atoms with Crippen LogP contribution in [0.5, 0.6) is 11.5 Å². The molecule has 0 aliphatic rings. The summed E-state index contributed by atoms with van der Waals surface area (Å²) >= 11 is 3.46. The number of halogens is 1. The molecule has 2 rings (SSSR count). The quantitative estimate of drug-likeness (QED) is 0.886. The molecule has 0 bridgehead atoms. The molecule has 0 saturated heterocycles. The summed E-state index contributed by atoms with van der Waals surface area (Å²) in [5, 5.41) is 0. The number of rotatable bonds is 5. The van der Waals surface area contributed by atoms with Crippen molar-refractivity contribution >= 4 is 15.9 Å². The summed E-state index contributed by atoms with van der Waals surface area (Å²) in [6.45, 7) is 2.08. The van der Waals surface area contributed by atoms with Gasteiger partial charge in [0.2, 0.25) is 0 Å². The lowest BCUT2D eigenvalue weighted by Gasteiger charge is -2.18. The third-order valence-corrected chi connectivity index (χ3v) is 4.10. The van der Waals surface area contributed by atoms with E-state index in [1.165, 1.54) is 11.1 Å². The van der Waals surface area contributed by atoms with Gasteiger partial charge in [-0.25, -0.2) is 0 Å². The van der Waals surface area contributed by atoms with Crippen LogP contribution in [0.4, 0.5) is 0 Å². The van der Waals surface area contributed by atoms with Gasteiger partial charge in [-0.05, 0) is 47.0 Å². The van der Waals surface area contributed by atoms with Crippen LogP contribution in [-0.4, -0.2) is 14.2 Å². The first-order valence-corrected chi connectivity index (χ1v) is 7.57. The van der Waals surface area contributed by atoms with Gasteiger partial charge in [-0.3, -0.25) is 0 Å². The summed E-state index contributed by atoms with van der Waals surface area (Å²) in [4.78, 5) is 0. The highest BCUT2D eigenvalue weighted by atomic mass is 79.9. The second-order valence-corrected chi connectivity index (χ2v) is 5.88. The maximum absolute atomic E-state index is 6.36. The molecule has 2 aromatic carbocycles. The Morgan fingerprint density at radius 3 is 2.24 bits per heavy atom. The molecule has 1 atom stereocenters. The molecular weight excluding hydrogens is 330 g/mol. The number of nitrogens with two attached hydrogens (primary N) is 1. The summed E-state index contributed by atoms with van der Waals surface area (Å²) in [6, 6.07) is 12.1. The van der Waals surface area contributed by atoms with E-state index in [4.69, 9.17) is 15.2 Å². The standard InChI is InChI=1S/C17H20BrNO2/c1-11-4-6-12(7-5-11)8-15(19)13-9-17(21-3)14(18)10-16(13)20-2/h4-7,9-10,15H,8,19H2,1-3H3. The van der Waals surface area contributed by atoms with Crippen molar-refractivity contribution in [1.29, 1.82) is 0 Å². The molecule has 0 amide bonds. The van der Waals surface area contributed by atoms with Gasteiger partial charge in [-0.1, -0.05) is 29.8 Å². The second-order valence-electron chi connectivity index (χ2n) is 5.02. The lowest BCUT2D eigenvalue weighted by atomic mass is 9.98. The Morgan fingerprint density at radius 1 is 1.05 bits per heavy atom. The van der Waals surface area contributed by atoms with E-state index in [1.807, 2.05) is 12.1 Å². The van der Waals surface area contributed by atoms with Gasteiger partial charge in [0.05, 0.1) is 18.7 Å². The number of aryl methyl sites for hydroxylation is 1. The van der Waals surface area contributed by atoms with E-state index in [1.54, 1.807) is 14.2 Å². The SMILES string of the molecule is COc1cc(C(N)Cc2ccc(C)cc2)c(OC)cc1Br. The highest BCUT2D eigenvalue weighted by Crippen LogP contribution is 2.36. The smallest absolute Gasteiger partial charge is 0.133 e. The van der Waals surface area contributed by atoms with Gasteiger partial charge in [0, 0.05) is 11.6 Å². The molecule has 0 spiro atoms. The van der Waals surface area contributed by atoms with E-state index < -0.39 is 0 Å². The van der Waals surface area contributed by atoms with Crippen LogP contribution in [0.3, 0.4) is 0 Å². The topological polar surface area (TPSA) is 44.5 Å². The van der Waals surface area contributed by atoms with Crippen LogP contribution in [0.1, 0.15) is 22.7 Å². The van der Waals surface area contributed by atoms with Gasteiger partial charge in [-0.2, -0.15) is 0 Å². The van der Waals surface area contributed by atoms with Crippen LogP contribution >= 0.6 is 15.9 Å². The Bertz CT molecular complexity index is 611. The number of benzene rings is 2. The third kappa shape index (κ3) is 3.77. The fourth-order valence-electron chi connectivity index (χ4n) is 2.26. The summed E-state index contributed by atoms with van der Waals surface area (Å²) < 4.78 is 11.6. The Balaban J connectivity index is 2.29. The highest BCUT2D eigenvalue weighted by Gasteiger charge is 2.16. The zero-order chi connectivity index (χ0) is 15.4. The average Bonchev–Trinajstić information content (AvgIpc) is 2.49. The van der Waals surface area contributed by atoms with E-state index >= 15 is 0 Å². The molecule has 1 unspecified atom stereocenters. The van der Waals surface area contributed by atoms with Gasteiger partial charge >= 0.3 is 0 Å². The normalized spacial score (nSPS) is 12.0. The van der Waals surface area contributed by atoms with E-state index in [2.05, 4.69) is 47.1 Å². The van der Waals surface area contributed by atoms with E-state index in [9.17, 15) is 0 Å². The molecule has 2 N–H and O–H groups in total. The number of hydrogen-bond acceptors (Lipinski definition) is 3. The molecule has 3 nitrogen and oxygen atoms in total. The lowest BCUT2D eigenvalue weighted by molar-refractivity contribution is 0.393.